The Morgan fingerprint density at radius 2 is 2.17 bits per heavy atom. The van der Waals surface area contributed by atoms with E-state index in [9.17, 15) is 0 Å². The monoisotopic (exact) mass is 262 g/mol. The Bertz CT molecular complexity index is 616. The van der Waals surface area contributed by atoms with Crippen LogP contribution in [0.5, 0.6) is 0 Å². The summed E-state index contributed by atoms with van der Waals surface area (Å²) in [7, 11) is 0. The number of nitrogens with two attached hydrogens (primary N) is 1. The van der Waals surface area contributed by atoms with Crippen LogP contribution in [-0.2, 0) is 12.8 Å². The molecule has 1 aromatic carbocycles. The molecule has 3 rings (SSSR count). The van der Waals surface area contributed by atoms with Crippen molar-refractivity contribution >= 4 is 34.1 Å². The van der Waals surface area contributed by atoms with E-state index >= 15 is 0 Å². The van der Waals surface area contributed by atoms with Gasteiger partial charge in [-0.15, -0.1) is 11.6 Å². The number of halogens is 1. The Hall–Kier alpha value is -1.48. The smallest absolute Gasteiger partial charge is 0.160 e. The van der Waals surface area contributed by atoms with Gasteiger partial charge in [0.2, 0.25) is 0 Å². The van der Waals surface area contributed by atoms with Gasteiger partial charge in [0.1, 0.15) is 17.3 Å². The first kappa shape index (κ1) is 11.6. The van der Waals surface area contributed by atoms with Gasteiger partial charge in [-0.3, -0.25) is 0 Å². The van der Waals surface area contributed by atoms with Crippen molar-refractivity contribution in [1.29, 1.82) is 0 Å². The van der Waals surface area contributed by atoms with Crippen LogP contribution in [0, 0.1) is 0 Å². The molecule has 0 spiro atoms. The molecule has 1 aliphatic carbocycles. The highest BCUT2D eigenvalue weighted by Gasteiger charge is 2.19. The summed E-state index contributed by atoms with van der Waals surface area (Å²) in [4.78, 5) is 4.32. The number of fused-ring (bicyclic) bond motifs is 3. The Balaban J connectivity index is 2.19. The molecule has 1 aromatic heterocycles. The van der Waals surface area contributed by atoms with Crippen molar-refractivity contribution in [2.75, 3.05) is 5.88 Å². The average Bonchev–Trinajstić information content (AvgIpc) is 2.78. The van der Waals surface area contributed by atoms with Gasteiger partial charge in [0.05, 0.1) is 5.88 Å². The van der Waals surface area contributed by atoms with Crippen LogP contribution in [0.1, 0.15) is 24.2 Å². The van der Waals surface area contributed by atoms with Crippen LogP contribution in [0.2, 0.25) is 0 Å². The number of aryl methyl sites for hydroxylation is 2. The maximum Gasteiger partial charge on any atom is 0.160 e. The lowest BCUT2D eigenvalue weighted by molar-refractivity contribution is 0.506. The second-order valence-electron chi connectivity index (χ2n) is 4.60. The van der Waals surface area contributed by atoms with Crippen molar-refractivity contribution in [2.45, 2.75) is 25.7 Å². The summed E-state index contributed by atoms with van der Waals surface area (Å²) in [5.74, 6) is 1.76. The number of furan rings is 1. The van der Waals surface area contributed by atoms with Crippen LogP contribution >= 0.6 is 11.6 Å². The first-order valence-corrected chi connectivity index (χ1v) is 6.75. The fraction of sp³-hybridized carbons (Fsp3) is 0.357. The van der Waals surface area contributed by atoms with Gasteiger partial charge in [-0.25, -0.2) is 4.99 Å². The topological polar surface area (TPSA) is 51.5 Å². The molecule has 18 heavy (non-hydrogen) atoms. The van der Waals surface area contributed by atoms with Crippen molar-refractivity contribution < 1.29 is 4.42 Å². The molecular formula is C14H15ClN2O. The fourth-order valence-electron chi connectivity index (χ4n) is 2.54. The number of aliphatic imine (C=N–C) groups is 1. The van der Waals surface area contributed by atoms with Crippen LogP contribution in [0.4, 0.5) is 5.69 Å². The SMILES string of the molecule is NC(CCl)=Nc1cccc2c3c(oc12)CCCC3. The minimum Gasteiger partial charge on any atom is -0.458 e. The van der Waals surface area contributed by atoms with E-state index in [-0.39, 0.29) is 5.88 Å². The highest BCUT2D eigenvalue weighted by atomic mass is 35.5. The Kier molecular flexibility index (Phi) is 3.00. The molecule has 0 saturated carbocycles. The average molecular weight is 263 g/mol. The van der Waals surface area contributed by atoms with Crippen LogP contribution < -0.4 is 5.73 Å². The number of rotatable bonds is 2. The molecule has 0 amide bonds. The second kappa shape index (κ2) is 4.65. The van der Waals surface area contributed by atoms with E-state index in [1.165, 1.54) is 23.8 Å². The van der Waals surface area contributed by atoms with Crippen LogP contribution in [0.25, 0.3) is 11.0 Å². The molecule has 0 atom stereocenters. The molecule has 0 radical (unpaired) electrons. The molecule has 3 nitrogen and oxygen atoms in total. The third-order valence-corrected chi connectivity index (χ3v) is 3.64. The highest BCUT2D eigenvalue weighted by molar-refractivity contribution is 6.28. The lowest BCUT2D eigenvalue weighted by Gasteiger charge is -2.08. The summed E-state index contributed by atoms with van der Waals surface area (Å²) < 4.78 is 5.96. The number of benzene rings is 1. The zero-order chi connectivity index (χ0) is 12.5. The van der Waals surface area contributed by atoms with E-state index in [0.717, 1.165) is 29.9 Å². The normalized spacial score (nSPS) is 15.9. The number of hydrogen-bond acceptors (Lipinski definition) is 2. The number of amidine groups is 1. The molecule has 0 fully saturated rings. The third-order valence-electron chi connectivity index (χ3n) is 3.36. The van der Waals surface area contributed by atoms with Crippen molar-refractivity contribution in [2.24, 2.45) is 10.7 Å². The molecule has 1 aliphatic rings. The summed E-state index contributed by atoms with van der Waals surface area (Å²) in [5.41, 5.74) is 8.66. The molecule has 0 aliphatic heterocycles. The van der Waals surface area contributed by atoms with E-state index in [4.69, 9.17) is 21.8 Å². The first-order valence-electron chi connectivity index (χ1n) is 6.22. The minimum absolute atomic E-state index is 0.233. The zero-order valence-corrected chi connectivity index (χ0v) is 10.8. The highest BCUT2D eigenvalue weighted by Crippen LogP contribution is 2.36. The fourth-order valence-corrected chi connectivity index (χ4v) is 2.60. The number of alkyl halides is 1. The molecule has 0 saturated heterocycles. The quantitative estimate of drug-likeness (QED) is 0.511. The lowest BCUT2D eigenvalue weighted by Crippen LogP contribution is -2.12. The van der Waals surface area contributed by atoms with Crippen molar-refractivity contribution in [3.8, 4) is 0 Å². The number of nitrogens with zero attached hydrogens (tertiary/aromatic N) is 1. The van der Waals surface area contributed by atoms with Gasteiger partial charge in [-0.05, 0) is 25.3 Å². The van der Waals surface area contributed by atoms with Gasteiger partial charge in [-0.1, -0.05) is 12.1 Å². The number of hydrogen-bond donors (Lipinski definition) is 1. The summed E-state index contributed by atoms with van der Waals surface area (Å²) in [6.07, 6.45) is 4.56. The van der Waals surface area contributed by atoms with Gasteiger partial charge < -0.3 is 10.2 Å². The van der Waals surface area contributed by atoms with Gasteiger partial charge in [-0.2, -0.15) is 0 Å². The van der Waals surface area contributed by atoms with Crippen molar-refractivity contribution in [1.82, 2.24) is 0 Å². The predicted octanol–water partition coefficient (Wildman–Crippen LogP) is 3.54. The van der Waals surface area contributed by atoms with Gasteiger partial charge >= 0.3 is 0 Å². The number of para-hydroxylation sites is 1. The molecule has 2 N–H and O–H groups in total. The van der Waals surface area contributed by atoms with Crippen molar-refractivity contribution in [3.63, 3.8) is 0 Å². The molecule has 2 aromatic rings. The second-order valence-corrected chi connectivity index (χ2v) is 4.87. The molecule has 4 heteroatoms. The largest absolute Gasteiger partial charge is 0.458 e. The van der Waals surface area contributed by atoms with E-state index in [1.807, 2.05) is 12.1 Å². The third kappa shape index (κ3) is 1.89. The Morgan fingerprint density at radius 1 is 1.33 bits per heavy atom. The van der Waals surface area contributed by atoms with E-state index in [0.29, 0.717) is 5.84 Å². The summed E-state index contributed by atoms with van der Waals surface area (Å²) >= 11 is 5.67. The lowest BCUT2D eigenvalue weighted by atomic mass is 9.96. The van der Waals surface area contributed by atoms with Gasteiger partial charge in [0, 0.05) is 17.4 Å². The minimum atomic E-state index is 0.233. The predicted molar refractivity (Wildman–Crippen MR) is 74.9 cm³/mol. The summed E-state index contributed by atoms with van der Waals surface area (Å²) in [6, 6.07) is 6.00. The zero-order valence-electron chi connectivity index (χ0n) is 10.1. The van der Waals surface area contributed by atoms with E-state index in [2.05, 4.69) is 11.1 Å². The van der Waals surface area contributed by atoms with Crippen LogP contribution in [0.3, 0.4) is 0 Å². The summed E-state index contributed by atoms with van der Waals surface area (Å²) in [6.45, 7) is 0. The standard InChI is InChI=1S/C14H15ClN2O/c15-8-13(16)17-11-6-3-5-10-9-4-1-2-7-12(9)18-14(10)11/h3,5-6H,1-2,4,7-8H2,(H2,16,17). The maximum absolute atomic E-state index is 5.96. The molecule has 1 heterocycles. The van der Waals surface area contributed by atoms with E-state index in [1.54, 1.807) is 0 Å². The van der Waals surface area contributed by atoms with Gasteiger partial charge in [0.25, 0.3) is 0 Å². The molecule has 0 unspecified atom stereocenters. The maximum atomic E-state index is 5.96. The first-order chi connectivity index (χ1) is 8.79. The van der Waals surface area contributed by atoms with E-state index < -0.39 is 0 Å². The summed E-state index contributed by atoms with van der Waals surface area (Å²) in [5, 5.41) is 1.17. The molecule has 94 valence electrons. The Labute approximate surface area is 111 Å². The Morgan fingerprint density at radius 3 is 3.00 bits per heavy atom. The van der Waals surface area contributed by atoms with Crippen molar-refractivity contribution in [3.05, 3.63) is 29.5 Å². The molecular weight excluding hydrogens is 248 g/mol. The van der Waals surface area contributed by atoms with Crippen LogP contribution in [-0.4, -0.2) is 11.7 Å². The van der Waals surface area contributed by atoms with Crippen LogP contribution in [0.15, 0.2) is 27.6 Å². The molecule has 0 bridgehead atoms. The van der Waals surface area contributed by atoms with Gasteiger partial charge in [0.15, 0.2) is 5.58 Å².